The normalized spacial score (nSPS) is 13.1. The standard InChI is InChI=1S/C9H8ClF4N.ClH/c10-7-2-1-5(11)3-6(7)8(15)4-9(12,13)14;/h1-3,8H,4,15H2;1H/t8-;/m0./s1. The zero-order valence-electron chi connectivity index (χ0n) is 7.89. The van der Waals surface area contributed by atoms with Gasteiger partial charge in [0.05, 0.1) is 6.42 Å². The van der Waals surface area contributed by atoms with Crippen LogP contribution in [-0.2, 0) is 0 Å². The summed E-state index contributed by atoms with van der Waals surface area (Å²) in [6.45, 7) is 0. The lowest BCUT2D eigenvalue weighted by Gasteiger charge is -2.15. The van der Waals surface area contributed by atoms with Crippen molar-refractivity contribution in [2.75, 3.05) is 0 Å². The molecule has 0 radical (unpaired) electrons. The van der Waals surface area contributed by atoms with E-state index in [-0.39, 0.29) is 23.0 Å². The lowest BCUT2D eigenvalue weighted by molar-refractivity contribution is -0.138. The van der Waals surface area contributed by atoms with Crippen molar-refractivity contribution in [3.63, 3.8) is 0 Å². The molecule has 2 N–H and O–H groups in total. The van der Waals surface area contributed by atoms with E-state index < -0.39 is 24.5 Å². The highest BCUT2D eigenvalue weighted by Crippen LogP contribution is 2.31. The second-order valence-corrected chi connectivity index (χ2v) is 3.50. The van der Waals surface area contributed by atoms with Gasteiger partial charge in [-0.25, -0.2) is 4.39 Å². The van der Waals surface area contributed by atoms with Crippen LogP contribution in [0.2, 0.25) is 5.02 Å². The van der Waals surface area contributed by atoms with E-state index >= 15 is 0 Å². The maximum atomic E-state index is 12.7. The number of alkyl halides is 3. The van der Waals surface area contributed by atoms with E-state index in [9.17, 15) is 17.6 Å². The van der Waals surface area contributed by atoms with Gasteiger partial charge in [-0.05, 0) is 23.8 Å². The van der Waals surface area contributed by atoms with Crippen LogP contribution in [0.1, 0.15) is 18.0 Å². The molecule has 0 aliphatic rings. The predicted molar refractivity (Wildman–Crippen MR) is 56.3 cm³/mol. The Hall–Kier alpha value is -0.520. The van der Waals surface area contributed by atoms with E-state index in [1.54, 1.807) is 0 Å². The summed E-state index contributed by atoms with van der Waals surface area (Å²) < 4.78 is 48.8. The molecule has 7 heteroatoms. The lowest BCUT2D eigenvalue weighted by atomic mass is 10.0. The van der Waals surface area contributed by atoms with E-state index in [1.165, 1.54) is 6.07 Å². The van der Waals surface area contributed by atoms with Crippen LogP contribution in [0.5, 0.6) is 0 Å². The van der Waals surface area contributed by atoms with Crippen molar-refractivity contribution in [1.82, 2.24) is 0 Å². The Kier molecular flexibility index (Phi) is 5.52. The van der Waals surface area contributed by atoms with Crippen molar-refractivity contribution in [3.8, 4) is 0 Å². The van der Waals surface area contributed by atoms with Gasteiger partial charge in [-0.15, -0.1) is 12.4 Å². The largest absolute Gasteiger partial charge is 0.390 e. The Morgan fingerprint density at radius 2 is 1.88 bits per heavy atom. The number of nitrogens with two attached hydrogens (primary N) is 1. The van der Waals surface area contributed by atoms with Crippen molar-refractivity contribution < 1.29 is 17.6 Å². The third-order valence-corrected chi connectivity index (χ3v) is 2.15. The Morgan fingerprint density at radius 1 is 1.31 bits per heavy atom. The number of benzene rings is 1. The van der Waals surface area contributed by atoms with Gasteiger partial charge in [0.1, 0.15) is 5.82 Å². The molecule has 0 bridgehead atoms. The summed E-state index contributed by atoms with van der Waals surface area (Å²) in [6, 6.07) is 1.82. The highest BCUT2D eigenvalue weighted by atomic mass is 35.5. The van der Waals surface area contributed by atoms with Crippen molar-refractivity contribution in [2.45, 2.75) is 18.6 Å². The first-order valence-corrected chi connectivity index (χ1v) is 4.44. The quantitative estimate of drug-likeness (QED) is 0.817. The molecule has 0 aliphatic carbocycles. The molecule has 0 saturated carbocycles. The van der Waals surface area contributed by atoms with E-state index in [1.807, 2.05) is 0 Å². The molecule has 0 aromatic heterocycles. The number of halogens is 6. The van der Waals surface area contributed by atoms with Crippen LogP contribution >= 0.6 is 24.0 Å². The molecule has 1 aromatic carbocycles. The summed E-state index contributed by atoms with van der Waals surface area (Å²) in [5.41, 5.74) is 5.25. The second kappa shape index (κ2) is 5.70. The zero-order valence-corrected chi connectivity index (χ0v) is 9.46. The van der Waals surface area contributed by atoms with Gasteiger partial charge < -0.3 is 5.73 Å². The summed E-state index contributed by atoms with van der Waals surface area (Å²) in [5.74, 6) is -0.660. The Labute approximate surface area is 101 Å². The summed E-state index contributed by atoms with van der Waals surface area (Å²) in [6.07, 6.45) is -5.62. The molecule has 0 fully saturated rings. The molecule has 16 heavy (non-hydrogen) atoms. The maximum Gasteiger partial charge on any atom is 0.390 e. The smallest absolute Gasteiger partial charge is 0.324 e. The number of rotatable bonds is 2. The maximum absolute atomic E-state index is 12.7. The molecule has 0 aliphatic heterocycles. The lowest BCUT2D eigenvalue weighted by Crippen LogP contribution is -2.20. The van der Waals surface area contributed by atoms with Gasteiger partial charge in [0.2, 0.25) is 0 Å². The average molecular weight is 278 g/mol. The third kappa shape index (κ3) is 4.55. The first-order chi connectivity index (χ1) is 6.79. The van der Waals surface area contributed by atoms with Gasteiger partial charge >= 0.3 is 6.18 Å². The van der Waals surface area contributed by atoms with Gasteiger partial charge in [-0.2, -0.15) is 13.2 Å². The molecule has 0 unspecified atom stereocenters. The fourth-order valence-electron chi connectivity index (χ4n) is 1.16. The van der Waals surface area contributed by atoms with Crippen LogP contribution in [0.3, 0.4) is 0 Å². The molecule has 1 aromatic rings. The highest BCUT2D eigenvalue weighted by molar-refractivity contribution is 6.31. The zero-order chi connectivity index (χ0) is 11.6. The fraction of sp³-hybridized carbons (Fsp3) is 0.333. The molecule has 92 valence electrons. The number of hydrogen-bond acceptors (Lipinski definition) is 1. The molecule has 1 atom stereocenters. The van der Waals surface area contributed by atoms with Crippen LogP contribution in [0.4, 0.5) is 17.6 Å². The van der Waals surface area contributed by atoms with E-state index in [2.05, 4.69) is 0 Å². The fourth-order valence-corrected chi connectivity index (χ4v) is 1.42. The molecule has 0 heterocycles. The van der Waals surface area contributed by atoms with E-state index in [4.69, 9.17) is 17.3 Å². The topological polar surface area (TPSA) is 26.0 Å². The Morgan fingerprint density at radius 3 is 2.38 bits per heavy atom. The van der Waals surface area contributed by atoms with Gasteiger partial charge in [-0.3, -0.25) is 0 Å². The first kappa shape index (κ1) is 15.5. The van der Waals surface area contributed by atoms with Crippen molar-refractivity contribution in [1.29, 1.82) is 0 Å². The molecular weight excluding hydrogens is 269 g/mol. The van der Waals surface area contributed by atoms with E-state index in [0.717, 1.165) is 12.1 Å². The van der Waals surface area contributed by atoms with Crippen LogP contribution in [0.25, 0.3) is 0 Å². The summed E-state index contributed by atoms with van der Waals surface area (Å²) in [7, 11) is 0. The highest BCUT2D eigenvalue weighted by Gasteiger charge is 2.31. The van der Waals surface area contributed by atoms with Gasteiger partial charge in [0.15, 0.2) is 0 Å². The van der Waals surface area contributed by atoms with Gasteiger partial charge in [0, 0.05) is 11.1 Å². The molecule has 0 saturated heterocycles. The molecule has 0 amide bonds. The van der Waals surface area contributed by atoms with Crippen molar-refractivity contribution >= 4 is 24.0 Å². The molecular formula is C9H9Cl2F4N. The van der Waals surface area contributed by atoms with Crippen LogP contribution in [0, 0.1) is 5.82 Å². The minimum absolute atomic E-state index is 0. The Balaban J connectivity index is 0.00000225. The summed E-state index contributed by atoms with van der Waals surface area (Å²) in [4.78, 5) is 0. The molecule has 1 rings (SSSR count). The average Bonchev–Trinajstić information content (AvgIpc) is 2.06. The monoisotopic (exact) mass is 277 g/mol. The van der Waals surface area contributed by atoms with Gasteiger partial charge in [-0.1, -0.05) is 11.6 Å². The van der Waals surface area contributed by atoms with Crippen LogP contribution in [0.15, 0.2) is 18.2 Å². The van der Waals surface area contributed by atoms with Crippen LogP contribution in [-0.4, -0.2) is 6.18 Å². The molecule has 1 nitrogen and oxygen atoms in total. The van der Waals surface area contributed by atoms with Crippen LogP contribution < -0.4 is 5.73 Å². The number of hydrogen-bond donors (Lipinski definition) is 1. The third-order valence-electron chi connectivity index (χ3n) is 1.81. The van der Waals surface area contributed by atoms with E-state index in [0.29, 0.717) is 0 Å². The minimum Gasteiger partial charge on any atom is -0.324 e. The summed E-state index contributed by atoms with van der Waals surface area (Å²) >= 11 is 5.61. The SMILES string of the molecule is Cl.N[C@@H](CC(F)(F)F)c1cc(F)ccc1Cl. The summed E-state index contributed by atoms with van der Waals surface area (Å²) in [5, 5.41) is 0.0353. The Bertz CT molecular complexity index is 354. The predicted octanol–water partition coefficient (Wildman–Crippen LogP) is 3.85. The van der Waals surface area contributed by atoms with Crippen molar-refractivity contribution in [2.24, 2.45) is 5.73 Å². The van der Waals surface area contributed by atoms with Crippen molar-refractivity contribution in [3.05, 3.63) is 34.6 Å². The first-order valence-electron chi connectivity index (χ1n) is 4.07. The molecule has 0 spiro atoms. The van der Waals surface area contributed by atoms with Gasteiger partial charge in [0.25, 0.3) is 0 Å². The second-order valence-electron chi connectivity index (χ2n) is 3.09. The minimum atomic E-state index is -4.39.